The number of hydrogen-bond acceptors (Lipinski definition) is 2. The Labute approximate surface area is 98.9 Å². The van der Waals surface area contributed by atoms with Gasteiger partial charge in [-0.1, -0.05) is 28.1 Å². The zero-order chi connectivity index (χ0) is 14.1. The molecule has 1 atom stereocenters. The predicted octanol–water partition coefficient (Wildman–Crippen LogP) is 2.20. The van der Waals surface area contributed by atoms with E-state index in [1.165, 1.54) is 0 Å². The summed E-state index contributed by atoms with van der Waals surface area (Å²) in [4.78, 5) is 0. The molecule has 0 saturated heterocycles. The van der Waals surface area contributed by atoms with Crippen LogP contribution in [0.25, 0.3) is 0 Å². The molecule has 0 aliphatic rings. The van der Waals surface area contributed by atoms with Crippen LogP contribution < -0.4 is 0 Å². The van der Waals surface area contributed by atoms with Gasteiger partial charge in [-0.05, 0) is 24.0 Å². The average Bonchev–Trinajstić information content (AvgIpc) is 2.25. The first kappa shape index (κ1) is 8.61. The molecular weight excluding hydrogens is 270 g/mol. The van der Waals surface area contributed by atoms with Gasteiger partial charge in [0.2, 0.25) is 0 Å². The van der Waals surface area contributed by atoms with Crippen molar-refractivity contribution in [2.45, 2.75) is 18.9 Å². The second kappa shape index (κ2) is 4.55. The molecule has 1 aromatic rings. The quantitative estimate of drug-likeness (QED) is 0.893. The van der Waals surface area contributed by atoms with E-state index < -0.39 is 25.5 Å². The van der Waals surface area contributed by atoms with Gasteiger partial charge in [0.1, 0.15) is 0 Å². The second-order valence-corrected chi connectivity index (χ2v) is 3.93. The third kappa shape index (κ3) is 2.35. The molecule has 15 heavy (non-hydrogen) atoms. The average molecular weight is 284 g/mol. The summed E-state index contributed by atoms with van der Waals surface area (Å²) in [6.45, 7) is -3.55. The van der Waals surface area contributed by atoms with Gasteiger partial charge in [0.05, 0.1) is 6.61 Å². The topological polar surface area (TPSA) is 40.5 Å². The van der Waals surface area contributed by atoms with Crippen LogP contribution in [0.2, 0.25) is 0 Å². The van der Waals surface area contributed by atoms with Crippen LogP contribution in [-0.4, -0.2) is 23.2 Å². The van der Waals surface area contributed by atoms with E-state index in [0.29, 0.717) is 0 Å². The summed E-state index contributed by atoms with van der Waals surface area (Å²) < 4.78 is 47.1. The van der Waals surface area contributed by atoms with E-state index in [2.05, 4.69) is 15.9 Å². The van der Waals surface area contributed by atoms with E-state index >= 15 is 0 Å². The maximum Gasteiger partial charge on any atom is 0.273 e. The number of benzene rings is 1. The third-order valence-corrected chi connectivity index (χ3v) is 2.73. The minimum absolute atomic E-state index is 0.0548. The Bertz CT molecular complexity index is 440. The first-order valence-electron chi connectivity index (χ1n) is 5.55. The van der Waals surface area contributed by atoms with Crippen LogP contribution in [0, 0.1) is 6.85 Å². The van der Waals surface area contributed by atoms with Crippen molar-refractivity contribution in [1.82, 2.24) is 0 Å². The van der Waals surface area contributed by atoms with Gasteiger partial charge < -0.3 is 10.2 Å². The Morgan fingerprint density at radius 3 is 2.67 bits per heavy atom. The molecule has 2 nitrogen and oxygen atoms in total. The summed E-state index contributed by atoms with van der Waals surface area (Å²) >= 11 is 2.96. The molecule has 1 unspecified atom stereocenters. The highest BCUT2D eigenvalue weighted by Gasteiger charge is 2.39. The molecule has 0 aliphatic heterocycles. The molecule has 0 radical (unpaired) electrons. The Balaban J connectivity index is 3.27. The van der Waals surface area contributed by atoms with Crippen LogP contribution in [0.15, 0.2) is 22.7 Å². The molecule has 0 amide bonds. The van der Waals surface area contributed by atoms with E-state index in [4.69, 9.17) is 9.22 Å². The lowest BCUT2D eigenvalue weighted by atomic mass is 9.94. The highest BCUT2D eigenvalue weighted by molar-refractivity contribution is 9.10. The van der Waals surface area contributed by atoms with E-state index in [1.807, 2.05) is 0 Å². The Morgan fingerprint density at radius 1 is 1.60 bits per heavy atom. The number of rotatable bonds is 3. The highest BCUT2D eigenvalue weighted by Crippen LogP contribution is 2.30. The molecule has 0 saturated carbocycles. The number of alkyl halides is 2. The van der Waals surface area contributed by atoms with Crippen molar-refractivity contribution in [3.63, 3.8) is 0 Å². The van der Waals surface area contributed by atoms with Crippen molar-refractivity contribution in [2.75, 3.05) is 6.61 Å². The van der Waals surface area contributed by atoms with E-state index in [1.54, 1.807) is 0 Å². The van der Waals surface area contributed by atoms with E-state index in [-0.39, 0.29) is 15.6 Å². The van der Waals surface area contributed by atoms with Crippen molar-refractivity contribution in [3.05, 3.63) is 33.8 Å². The van der Waals surface area contributed by atoms with Gasteiger partial charge in [-0.15, -0.1) is 0 Å². The fourth-order valence-electron chi connectivity index (χ4n) is 1.07. The Hall–Kier alpha value is -0.520. The monoisotopic (exact) mass is 283 g/mol. The predicted molar refractivity (Wildman–Crippen MR) is 55.9 cm³/mol. The van der Waals surface area contributed by atoms with Gasteiger partial charge in [-0.3, -0.25) is 0 Å². The first-order valence-corrected chi connectivity index (χ1v) is 4.84. The largest absolute Gasteiger partial charge is 0.393 e. The number of hydrogen-bond donors (Lipinski definition) is 2. The molecule has 0 spiro atoms. The number of aliphatic hydroxyl groups excluding tert-OH is 1. The maximum atomic E-state index is 12.7. The molecule has 0 bridgehead atoms. The lowest BCUT2D eigenvalue weighted by Crippen LogP contribution is -2.38. The van der Waals surface area contributed by atoms with Gasteiger partial charge in [0.15, 0.2) is 5.60 Å². The summed E-state index contributed by atoms with van der Waals surface area (Å²) in [7, 11) is 0. The van der Waals surface area contributed by atoms with Crippen molar-refractivity contribution in [1.29, 1.82) is 0 Å². The summed E-state index contributed by atoms with van der Waals surface area (Å²) in [6, 6.07) is 3.26. The molecular formula is C10H11BrF2O2. The fraction of sp³-hybridized carbons (Fsp3) is 0.400. The molecule has 0 aromatic heterocycles. The Morgan fingerprint density at radius 2 is 2.27 bits per heavy atom. The minimum atomic E-state index is -3.19. The molecule has 0 fully saturated rings. The van der Waals surface area contributed by atoms with Gasteiger partial charge in [0.25, 0.3) is 6.43 Å². The first-order chi connectivity index (χ1) is 8.13. The second-order valence-electron chi connectivity index (χ2n) is 3.08. The lowest BCUT2D eigenvalue weighted by Gasteiger charge is -2.25. The van der Waals surface area contributed by atoms with Crippen LogP contribution in [0.5, 0.6) is 0 Å². The zero-order valence-corrected chi connectivity index (χ0v) is 9.13. The summed E-state index contributed by atoms with van der Waals surface area (Å²) in [5.74, 6) is 0. The molecule has 2 N–H and O–H groups in total. The van der Waals surface area contributed by atoms with Crippen LogP contribution in [-0.2, 0) is 5.60 Å². The van der Waals surface area contributed by atoms with E-state index in [0.717, 1.165) is 18.2 Å². The SMILES string of the molecule is [2H]C([2H])([2H])c1ccc(C(O)(CO)C(F)F)cc1Br. The van der Waals surface area contributed by atoms with Crippen molar-refractivity contribution in [2.24, 2.45) is 0 Å². The normalized spacial score (nSPS) is 19.2. The molecule has 5 heteroatoms. The van der Waals surface area contributed by atoms with Crippen molar-refractivity contribution >= 4 is 15.9 Å². The standard InChI is InChI=1S/C10H11BrF2O2/c1-6-2-3-7(4-8(6)11)10(15,5-14)9(12)13/h2-4,9,14-15H,5H2,1H3/i1D3. The summed E-state index contributed by atoms with van der Waals surface area (Å²) in [5, 5.41) is 18.5. The molecule has 1 aromatic carbocycles. The maximum absolute atomic E-state index is 12.7. The van der Waals surface area contributed by atoms with E-state index in [9.17, 15) is 13.9 Å². The van der Waals surface area contributed by atoms with Gasteiger partial charge >= 0.3 is 0 Å². The molecule has 0 aliphatic carbocycles. The minimum Gasteiger partial charge on any atom is -0.393 e. The van der Waals surface area contributed by atoms with Crippen LogP contribution >= 0.6 is 15.9 Å². The third-order valence-electron chi connectivity index (χ3n) is 2.07. The van der Waals surface area contributed by atoms with Crippen molar-refractivity contribution < 1.29 is 23.1 Å². The lowest BCUT2D eigenvalue weighted by molar-refractivity contribution is -0.129. The van der Waals surface area contributed by atoms with Gasteiger partial charge in [0, 0.05) is 8.58 Å². The van der Waals surface area contributed by atoms with Crippen molar-refractivity contribution in [3.8, 4) is 0 Å². The molecule has 0 heterocycles. The number of halogens is 3. The van der Waals surface area contributed by atoms with Crippen LogP contribution in [0.4, 0.5) is 8.78 Å². The fourth-order valence-corrected chi connectivity index (χ4v) is 1.45. The highest BCUT2D eigenvalue weighted by atomic mass is 79.9. The zero-order valence-electron chi connectivity index (χ0n) is 10.5. The number of aryl methyl sites for hydroxylation is 1. The van der Waals surface area contributed by atoms with Crippen LogP contribution in [0.3, 0.4) is 0 Å². The summed E-state index contributed by atoms with van der Waals surface area (Å²) in [5.41, 5.74) is -3.00. The van der Waals surface area contributed by atoms with Gasteiger partial charge in [-0.25, -0.2) is 8.78 Å². The van der Waals surface area contributed by atoms with Gasteiger partial charge in [-0.2, -0.15) is 0 Å². The smallest absolute Gasteiger partial charge is 0.273 e. The molecule has 1 rings (SSSR count). The van der Waals surface area contributed by atoms with Crippen LogP contribution in [0.1, 0.15) is 15.2 Å². The summed E-state index contributed by atoms with van der Waals surface area (Å²) in [6.07, 6.45) is -3.19. The number of aliphatic hydroxyl groups is 2. The molecule has 84 valence electrons. The Kier molecular flexibility index (Phi) is 2.61.